The summed E-state index contributed by atoms with van der Waals surface area (Å²) in [4.78, 5) is 10.8. The van der Waals surface area contributed by atoms with E-state index >= 15 is 0 Å². The van der Waals surface area contributed by atoms with Crippen LogP contribution in [-0.2, 0) is 10.0 Å². The lowest BCUT2D eigenvalue weighted by molar-refractivity contribution is -0.0429. The molecule has 1 heterocycles. The number of hydrogen-bond acceptors (Lipinski definition) is 4. The number of carboxylic acid groups (broad SMARTS) is 1. The van der Waals surface area contributed by atoms with Crippen LogP contribution in [0.4, 0.5) is 18.9 Å². The van der Waals surface area contributed by atoms with Crippen molar-refractivity contribution in [3.8, 4) is 0 Å². The molecule has 0 spiro atoms. The van der Waals surface area contributed by atoms with Gasteiger partial charge in [0.05, 0.1) is 0 Å². The number of carbonyl (C=O) groups is 1. The SMILES string of the molecule is O=C(O)c1cc2cc(NS(=O)(=O)C(F)(F)F)ccc2s1. The fraction of sp³-hybridized carbons (Fsp3) is 0.100. The first-order chi connectivity index (χ1) is 9.10. The highest BCUT2D eigenvalue weighted by Crippen LogP contribution is 2.30. The van der Waals surface area contributed by atoms with Crippen LogP contribution in [0.5, 0.6) is 0 Å². The van der Waals surface area contributed by atoms with E-state index < -0.39 is 21.5 Å². The number of thiophene rings is 1. The van der Waals surface area contributed by atoms with E-state index in [2.05, 4.69) is 0 Å². The highest BCUT2D eigenvalue weighted by molar-refractivity contribution is 7.93. The maximum atomic E-state index is 12.2. The van der Waals surface area contributed by atoms with Crippen molar-refractivity contribution < 1.29 is 31.5 Å². The Balaban J connectivity index is 2.40. The molecule has 1 aromatic carbocycles. The third-order valence-electron chi connectivity index (χ3n) is 2.28. The van der Waals surface area contributed by atoms with Crippen molar-refractivity contribution in [3.05, 3.63) is 29.1 Å². The second-order valence-electron chi connectivity index (χ2n) is 3.72. The Labute approximate surface area is 114 Å². The second kappa shape index (κ2) is 4.63. The third-order valence-corrected chi connectivity index (χ3v) is 4.50. The van der Waals surface area contributed by atoms with Crippen LogP contribution in [0, 0.1) is 0 Å². The summed E-state index contributed by atoms with van der Waals surface area (Å²) >= 11 is 0.939. The molecule has 0 saturated heterocycles. The van der Waals surface area contributed by atoms with Crippen LogP contribution in [0.2, 0.25) is 0 Å². The summed E-state index contributed by atoms with van der Waals surface area (Å²) in [6.07, 6.45) is 0. The smallest absolute Gasteiger partial charge is 0.477 e. The average Bonchev–Trinajstić information content (AvgIpc) is 2.69. The minimum Gasteiger partial charge on any atom is -0.477 e. The van der Waals surface area contributed by atoms with Gasteiger partial charge in [0.25, 0.3) is 0 Å². The highest BCUT2D eigenvalue weighted by Gasteiger charge is 2.46. The Morgan fingerprint density at radius 3 is 2.45 bits per heavy atom. The van der Waals surface area contributed by atoms with Crippen LogP contribution in [0.1, 0.15) is 9.67 Å². The summed E-state index contributed by atoms with van der Waals surface area (Å²) < 4.78 is 60.5. The summed E-state index contributed by atoms with van der Waals surface area (Å²) in [5, 5.41) is 9.14. The van der Waals surface area contributed by atoms with Crippen LogP contribution in [0.15, 0.2) is 24.3 Å². The lowest BCUT2D eigenvalue weighted by Gasteiger charge is -2.10. The number of halogens is 3. The molecule has 108 valence electrons. The number of aromatic carboxylic acids is 1. The molecule has 0 amide bonds. The molecule has 20 heavy (non-hydrogen) atoms. The van der Waals surface area contributed by atoms with E-state index in [1.165, 1.54) is 16.9 Å². The Hall–Kier alpha value is -1.81. The monoisotopic (exact) mass is 325 g/mol. The van der Waals surface area contributed by atoms with Crippen molar-refractivity contribution in [1.82, 2.24) is 0 Å². The molecular weight excluding hydrogens is 319 g/mol. The topological polar surface area (TPSA) is 83.5 Å². The average molecular weight is 325 g/mol. The van der Waals surface area contributed by atoms with Gasteiger partial charge in [0.15, 0.2) is 0 Å². The lowest BCUT2D eigenvalue weighted by atomic mass is 10.2. The minimum absolute atomic E-state index is 0.0100. The van der Waals surface area contributed by atoms with Gasteiger partial charge in [0.1, 0.15) is 4.88 Å². The van der Waals surface area contributed by atoms with Crippen molar-refractivity contribution in [1.29, 1.82) is 0 Å². The Morgan fingerprint density at radius 2 is 1.90 bits per heavy atom. The van der Waals surface area contributed by atoms with E-state index in [9.17, 15) is 26.4 Å². The number of fused-ring (bicyclic) bond motifs is 1. The molecule has 0 atom stereocenters. The number of benzene rings is 1. The van der Waals surface area contributed by atoms with Crippen LogP contribution >= 0.6 is 11.3 Å². The van der Waals surface area contributed by atoms with Crippen molar-refractivity contribution >= 4 is 43.1 Å². The standard InChI is InChI=1S/C10H6F3NO4S2/c11-10(12,13)20(17,18)14-6-1-2-7-5(3-6)4-8(19-7)9(15)16/h1-4,14H,(H,15,16). The molecule has 2 aromatic rings. The molecule has 2 N–H and O–H groups in total. The zero-order valence-corrected chi connectivity index (χ0v) is 11.1. The quantitative estimate of drug-likeness (QED) is 0.909. The normalized spacial score (nSPS) is 12.6. The van der Waals surface area contributed by atoms with E-state index in [1.54, 1.807) is 0 Å². The van der Waals surface area contributed by atoms with Gasteiger partial charge in [0, 0.05) is 10.4 Å². The number of carboxylic acids is 1. The minimum atomic E-state index is -5.49. The predicted octanol–water partition coefficient (Wildman–Crippen LogP) is 2.86. The molecule has 0 aliphatic rings. The number of hydrogen-bond donors (Lipinski definition) is 2. The predicted molar refractivity (Wildman–Crippen MR) is 67.4 cm³/mol. The summed E-state index contributed by atoms with van der Waals surface area (Å²) in [5.74, 6) is -1.16. The maximum absolute atomic E-state index is 12.2. The van der Waals surface area contributed by atoms with Crippen molar-refractivity contribution in [2.24, 2.45) is 0 Å². The summed E-state index contributed by atoms with van der Waals surface area (Å²) in [6, 6.07) is 4.88. The Morgan fingerprint density at radius 1 is 1.25 bits per heavy atom. The molecule has 0 bridgehead atoms. The summed E-state index contributed by atoms with van der Waals surface area (Å²) in [7, 11) is -5.49. The molecular formula is C10H6F3NO4S2. The molecule has 0 aliphatic carbocycles. The van der Waals surface area contributed by atoms with E-state index in [4.69, 9.17) is 5.11 Å². The van der Waals surface area contributed by atoms with E-state index in [-0.39, 0.29) is 10.6 Å². The molecule has 0 unspecified atom stereocenters. The van der Waals surface area contributed by atoms with E-state index in [0.717, 1.165) is 23.5 Å². The largest absolute Gasteiger partial charge is 0.516 e. The number of rotatable bonds is 3. The first kappa shape index (κ1) is 14.6. The zero-order chi connectivity index (χ0) is 15.1. The molecule has 10 heteroatoms. The van der Waals surface area contributed by atoms with Gasteiger partial charge < -0.3 is 5.11 Å². The van der Waals surface area contributed by atoms with Gasteiger partial charge in [-0.2, -0.15) is 21.6 Å². The zero-order valence-electron chi connectivity index (χ0n) is 9.43. The number of sulfonamides is 1. The molecule has 0 saturated carbocycles. The molecule has 1 aromatic heterocycles. The van der Waals surface area contributed by atoms with Gasteiger partial charge in [-0.05, 0) is 29.7 Å². The Bertz CT molecular complexity index is 779. The fourth-order valence-corrected chi connectivity index (χ4v) is 2.86. The number of nitrogens with one attached hydrogen (secondary N) is 1. The summed E-state index contributed by atoms with van der Waals surface area (Å²) in [6.45, 7) is 0. The molecule has 5 nitrogen and oxygen atoms in total. The van der Waals surface area contributed by atoms with Gasteiger partial charge in [-0.15, -0.1) is 11.3 Å². The first-order valence-electron chi connectivity index (χ1n) is 4.96. The fourth-order valence-electron chi connectivity index (χ4n) is 1.43. The maximum Gasteiger partial charge on any atom is 0.516 e. The van der Waals surface area contributed by atoms with Crippen LogP contribution in [0.3, 0.4) is 0 Å². The number of alkyl halides is 3. The van der Waals surface area contributed by atoms with Gasteiger partial charge in [-0.1, -0.05) is 0 Å². The molecule has 0 fully saturated rings. The molecule has 0 radical (unpaired) electrons. The van der Waals surface area contributed by atoms with Crippen molar-refractivity contribution in [2.75, 3.05) is 4.72 Å². The lowest BCUT2D eigenvalue weighted by Crippen LogP contribution is -2.29. The van der Waals surface area contributed by atoms with Crippen molar-refractivity contribution in [2.45, 2.75) is 5.51 Å². The highest BCUT2D eigenvalue weighted by atomic mass is 32.2. The number of anilines is 1. The molecule has 0 aliphatic heterocycles. The summed E-state index contributed by atoms with van der Waals surface area (Å²) in [5.41, 5.74) is -5.70. The molecule has 2 rings (SSSR count). The Kier molecular flexibility index (Phi) is 3.38. The first-order valence-corrected chi connectivity index (χ1v) is 7.26. The third kappa shape index (κ3) is 2.70. The van der Waals surface area contributed by atoms with Gasteiger partial charge in [-0.3, -0.25) is 4.72 Å². The van der Waals surface area contributed by atoms with E-state index in [1.807, 2.05) is 0 Å². The second-order valence-corrected chi connectivity index (χ2v) is 6.48. The van der Waals surface area contributed by atoms with Gasteiger partial charge >= 0.3 is 21.5 Å². The van der Waals surface area contributed by atoms with Crippen LogP contribution < -0.4 is 4.72 Å². The van der Waals surface area contributed by atoms with Crippen LogP contribution in [0.25, 0.3) is 10.1 Å². The van der Waals surface area contributed by atoms with E-state index in [0.29, 0.717) is 10.1 Å². The van der Waals surface area contributed by atoms with Crippen molar-refractivity contribution in [3.63, 3.8) is 0 Å². The van der Waals surface area contributed by atoms with Crippen LogP contribution in [-0.4, -0.2) is 25.0 Å². The van der Waals surface area contributed by atoms with Gasteiger partial charge in [-0.25, -0.2) is 4.79 Å². The van der Waals surface area contributed by atoms with Gasteiger partial charge in [0.2, 0.25) is 0 Å².